The van der Waals surface area contributed by atoms with Gasteiger partial charge in [0.2, 0.25) is 11.8 Å². The Balaban J connectivity index is 2.03. The molecule has 10 atom stereocenters. The predicted octanol–water partition coefficient (Wildman–Crippen LogP) is 12.6. The highest BCUT2D eigenvalue weighted by Gasteiger charge is 2.53. The average molecular weight is 1230 g/mol. The molecule has 0 bridgehead atoms. The van der Waals surface area contributed by atoms with Gasteiger partial charge < -0.3 is 64.2 Å². The van der Waals surface area contributed by atoms with Gasteiger partial charge in [0.15, 0.2) is 12.4 Å². The van der Waals surface area contributed by atoms with Crippen LogP contribution in [0.3, 0.4) is 0 Å². The molecule has 0 saturated carbocycles. The molecule has 2 aliphatic rings. The van der Waals surface area contributed by atoms with Crippen molar-refractivity contribution in [1.29, 1.82) is 0 Å². The number of aliphatic carboxylic acids is 1. The van der Waals surface area contributed by atoms with Gasteiger partial charge in [0, 0.05) is 39.8 Å². The van der Waals surface area contributed by atoms with E-state index in [1.54, 1.807) is 0 Å². The second kappa shape index (κ2) is 51.4. The molecule has 2 rings (SSSR count). The fourth-order valence-corrected chi connectivity index (χ4v) is 11.9. The van der Waals surface area contributed by atoms with E-state index in [-0.39, 0.29) is 25.4 Å². The number of aliphatic hydroxyl groups is 2. The van der Waals surface area contributed by atoms with Crippen LogP contribution in [0.1, 0.15) is 278 Å². The van der Waals surface area contributed by atoms with Gasteiger partial charge in [0.1, 0.15) is 48.4 Å². The molecule has 0 aliphatic carbocycles. The number of carboxylic acids is 1. The number of hydrogen-bond acceptors (Lipinski definition) is 14. The van der Waals surface area contributed by atoms with Crippen LogP contribution in [0.5, 0.6) is 0 Å². The number of carbonyl (C=O) groups is 4. The lowest BCUT2D eigenvalue weighted by atomic mass is 9.91. The van der Waals surface area contributed by atoms with E-state index in [4.69, 9.17) is 32.9 Å². The van der Waals surface area contributed by atoms with Gasteiger partial charge in [-0.15, -0.1) is 0 Å². The van der Waals surface area contributed by atoms with E-state index in [9.17, 15) is 48.8 Å². The first-order chi connectivity index (χ1) is 41.2. The number of hydrogen-bond donors (Lipinski definition) is 7. The second-order valence-electron chi connectivity index (χ2n) is 24.0. The van der Waals surface area contributed by atoms with E-state index in [2.05, 4.69) is 43.6 Å². The van der Waals surface area contributed by atoms with E-state index >= 15 is 0 Å². The van der Waals surface area contributed by atoms with Gasteiger partial charge in [-0.1, -0.05) is 213 Å². The topological polar surface area (TPSA) is 275 Å². The summed E-state index contributed by atoms with van der Waals surface area (Å²) < 4.78 is 54.1. The molecule has 0 spiro atoms. The number of phosphoric acid groups is 1. The number of aliphatic hydroxyl groups excluding tert-OH is 2. The molecule has 0 unspecified atom stereocenters. The minimum Gasteiger partial charge on any atom is -0.479 e. The molecule has 19 nitrogen and oxygen atoms in total. The van der Waals surface area contributed by atoms with Gasteiger partial charge in [0.05, 0.1) is 25.7 Å². The lowest BCUT2D eigenvalue weighted by molar-refractivity contribution is -0.289. The van der Waals surface area contributed by atoms with Crippen molar-refractivity contribution in [3.8, 4) is 0 Å². The van der Waals surface area contributed by atoms with Crippen LogP contribution in [0.15, 0.2) is 12.2 Å². The Bertz CT molecular complexity index is 1760. The molecular formula is C65H121N2O17P. The van der Waals surface area contributed by atoms with Crippen molar-refractivity contribution >= 4 is 31.4 Å². The van der Waals surface area contributed by atoms with E-state index in [0.717, 1.165) is 116 Å². The third-order valence-corrected chi connectivity index (χ3v) is 16.7. The third kappa shape index (κ3) is 38.7. The highest BCUT2D eigenvalue weighted by atomic mass is 31.2. The Morgan fingerprint density at radius 2 is 0.953 bits per heavy atom. The number of unbranched alkanes of at least 4 members (excludes halogenated alkanes) is 32. The van der Waals surface area contributed by atoms with E-state index in [0.29, 0.717) is 19.3 Å². The maximum absolute atomic E-state index is 13.5. The predicted molar refractivity (Wildman–Crippen MR) is 332 cm³/mol. The summed E-state index contributed by atoms with van der Waals surface area (Å²) >= 11 is 0. The van der Waals surface area contributed by atoms with Crippen LogP contribution >= 0.6 is 7.82 Å². The Kier molecular flexibility index (Phi) is 47.6. The molecule has 0 radical (unpaired) electrons. The molecule has 0 aromatic carbocycles. The summed E-state index contributed by atoms with van der Waals surface area (Å²) in [4.78, 5) is 72.2. The molecule has 7 N–H and O–H groups in total. The van der Waals surface area contributed by atoms with Gasteiger partial charge in [-0.3, -0.25) is 18.9 Å². The van der Waals surface area contributed by atoms with Crippen LogP contribution in [0.4, 0.5) is 0 Å². The fourth-order valence-electron chi connectivity index (χ4n) is 11.3. The third-order valence-electron chi connectivity index (χ3n) is 16.2. The molecular weight excluding hydrogens is 1110 g/mol. The maximum Gasteiger partial charge on any atom is 0.470 e. The summed E-state index contributed by atoms with van der Waals surface area (Å²) in [5.41, 5.74) is 0. The summed E-state index contributed by atoms with van der Waals surface area (Å²) in [7, 11) is -5.22. The largest absolute Gasteiger partial charge is 0.479 e. The van der Waals surface area contributed by atoms with E-state index < -0.39 is 106 Å². The van der Waals surface area contributed by atoms with Crippen LogP contribution in [0.25, 0.3) is 0 Å². The number of allylic oxidation sites excluding steroid dienone is 2. The standard InChI is InChI=1S/C65H121N2O17P/c1-5-8-11-14-17-20-22-23-25-30-35-40-45-78-46-41-36-31-27-28-33-38-43-48-80-62-58(66-52(4)69)65(83-54(50-68)60(62)84-85(75,76)77)81-51-55-59(72)61(79-47-42-37-32-26-21-18-15-12-9-6-2)57(63(82-55)64(73)74)67-56(71)49-53(70)44-39-34-29-24-19-16-13-10-7-3/h20,22,54-55,57-63,65,68,72H,5-19,21,23-51H2,1-4H3,(H,66,69)(H,67,71)(H,73,74)(H2,75,76,77)/b22-20-/t54-,55-,57-,58-,59-,60-,61-,62-,63+,65-/m1/s1. The van der Waals surface area contributed by atoms with Crippen molar-refractivity contribution in [2.45, 2.75) is 339 Å². The first-order valence-electron chi connectivity index (χ1n) is 33.9. The van der Waals surface area contributed by atoms with Crippen LogP contribution in [0, 0.1) is 0 Å². The van der Waals surface area contributed by atoms with Crippen molar-refractivity contribution in [2.75, 3.05) is 39.6 Å². The van der Waals surface area contributed by atoms with Crippen LogP contribution in [0.2, 0.25) is 0 Å². The van der Waals surface area contributed by atoms with Crippen molar-refractivity contribution in [2.24, 2.45) is 0 Å². The lowest BCUT2D eigenvalue weighted by Crippen LogP contribution is -2.68. The van der Waals surface area contributed by atoms with Gasteiger partial charge in [-0.05, 0) is 57.8 Å². The van der Waals surface area contributed by atoms with Crippen molar-refractivity contribution < 1.29 is 81.8 Å². The number of Topliss-reactive ketones (excluding diaryl/α,β-unsaturated/α-hetero) is 1. The zero-order valence-corrected chi connectivity index (χ0v) is 54.2. The molecule has 2 amide bonds. The first-order valence-corrected chi connectivity index (χ1v) is 35.4. The van der Waals surface area contributed by atoms with Crippen LogP contribution < -0.4 is 10.6 Å². The van der Waals surface area contributed by atoms with Gasteiger partial charge in [-0.25, -0.2) is 9.36 Å². The van der Waals surface area contributed by atoms with Crippen molar-refractivity contribution in [1.82, 2.24) is 10.6 Å². The molecule has 2 fully saturated rings. The van der Waals surface area contributed by atoms with Crippen molar-refractivity contribution in [3.63, 3.8) is 0 Å². The molecule has 2 aliphatic heterocycles. The average Bonchev–Trinajstić information content (AvgIpc) is 2.52. The Hall–Kier alpha value is -2.39. The molecule has 20 heteroatoms. The minimum absolute atomic E-state index is 0.0982. The molecule has 0 aromatic rings. The number of rotatable bonds is 57. The Labute approximate surface area is 512 Å². The molecule has 498 valence electrons. The highest BCUT2D eigenvalue weighted by Crippen LogP contribution is 2.42. The summed E-state index contributed by atoms with van der Waals surface area (Å²) in [5, 5.41) is 38.4. The molecule has 85 heavy (non-hydrogen) atoms. The second-order valence-corrected chi connectivity index (χ2v) is 25.2. The summed E-state index contributed by atoms with van der Waals surface area (Å²) in [6.07, 6.45) is 32.8. The number of amides is 2. The van der Waals surface area contributed by atoms with E-state index in [1.165, 1.54) is 122 Å². The number of carboxylic acid groups (broad SMARTS) is 1. The Morgan fingerprint density at radius 3 is 1.41 bits per heavy atom. The Morgan fingerprint density at radius 1 is 0.518 bits per heavy atom. The van der Waals surface area contributed by atoms with Crippen LogP contribution in [-0.2, 0) is 56.7 Å². The quantitative estimate of drug-likeness (QED) is 0.0129. The SMILES string of the molecule is CCCCCC/C=C\CCCCCCOCCCCCCCCCCO[C@@H]1[C@@H](NC(C)=O)[C@H](OC[C@H]2O[C@H](C(=O)O)[C@H](NC(=O)CC(=O)CCCCCCCCCCC)[C@@H](OCCCCCCCCCCCC)[C@@H]2O)O[C@H](CO)[C@H]1OP(=O)(O)O. The summed E-state index contributed by atoms with van der Waals surface area (Å²) in [5.74, 6) is -3.05. The first kappa shape index (κ1) is 78.7. The zero-order chi connectivity index (χ0) is 62.2. The van der Waals surface area contributed by atoms with Gasteiger partial charge in [0.25, 0.3) is 0 Å². The summed E-state index contributed by atoms with van der Waals surface area (Å²) in [6.45, 7) is 8.29. The number of nitrogens with one attached hydrogen (secondary N) is 2. The van der Waals surface area contributed by atoms with Gasteiger partial charge in [-0.2, -0.15) is 0 Å². The zero-order valence-electron chi connectivity index (χ0n) is 53.3. The smallest absolute Gasteiger partial charge is 0.470 e. The van der Waals surface area contributed by atoms with Crippen molar-refractivity contribution in [3.05, 3.63) is 12.2 Å². The fraction of sp³-hybridized carbons (Fsp3) is 0.908. The normalized spacial score (nSPS) is 22.7. The molecule has 0 aromatic heterocycles. The minimum atomic E-state index is -5.22. The number of carbonyl (C=O) groups excluding carboxylic acids is 3. The van der Waals surface area contributed by atoms with Crippen LogP contribution in [-0.4, -0.2) is 149 Å². The number of phosphoric ester groups is 1. The lowest BCUT2D eigenvalue weighted by Gasteiger charge is -2.47. The van der Waals surface area contributed by atoms with Gasteiger partial charge >= 0.3 is 13.8 Å². The monoisotopic (exact) mass is 1230 g/mol. The molecule has 2 heterocycles. The number of ketones is 1. The van der Waals surface area contributed by atoms with E-state index in [1.807, 2.05) is 0 Å². The number of ether oxygens (including phenoxy) is 6. The maximum atomic E-state index is 13.5. The summed E-state index contributed by atoms with van der Waals surface area (Å²) in [6, 6.07) is -2.69. The highest BCUT2D eigenvalue weighted by molar-refractivity contribution is 7.46. The molecule has 2 saturated heterocycles.